The molecule has 1 aliphatic rings. The van der Waals surface area contributed by atoms with Crippen LogP contribution in [0.1, 0.15) is 12.5 Å². The Morgan fingerprint density at radius 2 is 1.86 bits per heavy atom. The maximum atomic E-state index is 12.8. The number of nitrogens with zero attached hydrogens (tertiary/aromatic N) is 2. The quantitative estimate of drug-likeness (QED) is 0.884. The van der Waals surface area contributed by atoms with Crippen molar-refractivity contribution in [2.24, 2.45) is 0 Å². The van der Waals surface area contributed by atoms with Gasteiger partial charge in [0.2, 0.25) is 5.91 Å². The van der Waals surface area contributed by atoms with Crippen LogP contribution < -0.4 is 5.32 Å². The Hall–Kier alpha value is -1.46. The van der Waals surface area contributed by atoms with Crippen LogP contribution in [0.4, 0.5) is 4.39 Å². The third kappa shape index (κ3) is 5.10. The van der Waals surface area contributed by atoms with E-state index in [0.29, 0.717) is 6.54 Å². The van der Waals surface area contributed by atoms with Crippen molar-refractivity contribution in [2.45, 2.75) is 19.4 Å². The lowest BCUT2D eigenvalue weighted by Gasteiger charge is -2.32. The molecule has 1 N–H and O–H groups in total. The summed E-state index contributed by atoms with van der Waals surface area (Å²) < 4.78 is 12.8. The Bertz CT molecular complexity index is 455. The van der Waals surface area contributed by atoms with Gasteiger partial charge in [-0.3, -0.25) is 4.79 Å². The minimum absolute atomic E-state index is 0.161. The Morgan fingerprint density at radius 1 is 1.24 bits per heavy atom. The van der Waals surface area contributed by atoms with E-state index in [-0.39, 0.29) is 17.8 Å². The van der Waals surface area contributed by atoms with Crippen LogP contribution in [-0.2, 0) is 11.2 Å². The predicted molar refractivity (Wildman–Crippen MR) is 81.6 cm³/mol. The fraction of sp³-hybridized carbons (Fsp3) is 0.562. The lowest BCUT2D eigenvalue weighted by molar-refractivity contribution is -0.131. The molecule has 1 saturated heterocycles. The Morgan fingerprint density at radius 3 is 2.48 bits per heavy atom. The summed E-state index contributed by atoms with van der Waals surface area (Å²) in [7, 11) is 2.07. The average molecular weight is 293 g/mol. The fourth-order valence-corrected chi connectivity index (χ4v) is 2.48. The lowest BCUT2D eigenvalue weighted by Crippen LogP contribution is -2.50. The summed E-state index contributed by atoms with van der Waals surface area (Å²) in [5.41, 5.74) is 1.07. The van der Waals surface area contributed by atoms with Gasteiger partial charge < -0.3 is 15.1 Å². The number of carbonyl (C=O) groups excluding carboxylic acids is 1. The van der Waals surface area contributed by atoms with Crippen LogP contribution in [0.2, 0.25) is 0 Å². The molecule has 1 atom stereocenters. The minimum atomic E-state index is -0.218. The van der Waals surface area contributed by atoms with Gasteiger partial charge in [0.1, 0.15) is 5.82 Å². The van der Waals surface area contributed by atoms with Crippen LogP contribution >= 0.6 is 0 Å². The van der Waals surface area contributed by atoms with Crippen molar-refractivity contribution in [3.8, 4) is 0 Å². The first-order valence-corrected chi connectivity index (χ1v) is 7.49. The molecule has 1 amide bonds. The van der Waals surface area contributed by atoms with E-state index in [1.807, 2.05) is 11.8 Å². The van der Waals surface area contributed by atoms with Crippen LogP contribution in [0.3, 0.4) is 0 Å². The summed E-state index contributed by atoms with van der Waals surface area (Å²) in [4.78, 5) is 16.2. The summed E-state index contributed by atoms with van der Waals surface area (Å²) in [6.07, 6.45) is 0.788. The fourth-order valence-electron chi connectivity index (χ4n) is 2.48. The molecule has 5 heteroatoms. The van der Waals surface area contributed by atoms with Crippen molar-refractivity contribution in [1.82, 2.24) is 15.1 Å². The number of piperazine rings is 1. The minimum Gasteiger partial charge on any atom is -0.339 e. The number of carbonyl (C=O) groups is 1. The van der Waals surface area contributed by atoms with E-state index in [2.05, 4.69) is 17.3 Å². The van der Waals surface area contributed by atoms with Crippen molar-refractivity contribution in [3.63, 3.8) is 0 Å². The summed E-state index contributed by atoms with van der Waals surface area (Å²) in [5, 5.41) is 3.26. The molecule has 1 aromatic carbocycles. The van der Waals surface area contributed by atoms with Crippen molar-refractivity contribution in [2.75, 3.05) is 39.8 Å². The summed E-state index contributed by atoms with van der Waals surface area (Å²) in [5.74, 6) is -0.0568. The Balaban J connectivity index is 1.72. The van der Waals surface area contributed by atoms with Gasteiger partial charge in [-0.1, -0.05) is 12.1 Å². The standard InChI is InChI=1S/C16H24FN3O/c1-13(11-14-3-5-15(17)6-4-14)18-12-16(21)20-9-7-19(2)8-10-20/h3-6,13,18H,7-12H2,1-2H3. The van der Waals surface area contributed by atoms with Gasteiger partial charge >= 0.3 is 0 Å². The molecular formula is C16H24FN3O. The number of hydrogen-bond acceptors (Lipinski definition) is 3. The zero-order valence-electron chi connectivity index (χ0n) is 12.8. The molecule has 1 aromatic rings. The predicted octanol–water partition coefficient (Wildman–Crippen LogP) is 1.12. The van der Waals surface area contributed by atoms with Crippen molar-refractivity contribution < 1.29 is 9.18 Å². The van der Waals surface area contributed by atoms with E-state index in [1.54, 1.807) is 12.1 Å². The number of rotatable bonds is 5. The molecule has 0 bridgehead atoms. The normalized spacial score (nSPS) is 17.8. The number of benzene rings is 1. The molecule has 1 heterocycles. The van der Waals surface area contributed by atoms with E-state index < -0.39 is 0 Å². The molecule has 0 spiro atoms. The second kappa shape index (κ2) is 7.52. The molecule has 1 unspecified atom stereocenters. The highest BCUT2D eigenvalue weighted by molar-refractivity contribution is 5.78. The molecule has 0 radical (unpaired) electrons. The highest BCUT2D eigenvalue weighted by atomic mass is 19.1. The number of hydrogen-bond donors (Lipinski definition) is 1. The monoisotopic (exact) mass is 293 g/mol. The Kier molecular flexibility index (Phi) is 5.70. The number of likely N-dealkylation sites (N-methyl/N-ethyl adjacent to an activating group) is 1. The van der Waals surface area contributed by atoms with Gasteiger partial charge in [-0.25, -0.2) is 4.39 Å². The number of nitrogens with one attached hydrogen (secondary N) is 1. The third-order valence-corrected chi connectivity index (χ3v) is 3.91. The van der Waals surface area contributed by atoms with Gasteiger partial charge in [0, 0.05) is 32.2 Å². The molecule has 0 saturated carbocycles. The number of halogens is 1. The molecule has 1 aliphatic heterocycles. The topological polar surface area (TPSA) is 35.6 Å². The SMILES string of the molecule is CC(Cc1ccc(F)cc1)NCC(=O)N1CCN(C)CC1. The molecule has 0 aromatic heterocycles. The molecule has 21 heavy (non-hydrogen) atoms. The highest BCUT2D eigenvalue weighted by Crippen LogP contribution is 2.06. The average Bonchev–Trinajstić information content (AvgIpc) is 2.48. The second-order valence-electron chi connectivity index (χ2n) is 5.80. The third-order valence-electron chi connectivity index (χ3n) is 3.91. The summed E-state index contributed by atoms with van der Waals surface area (Å²) in [6, 6.07) is 6.70. The van der Waals surface area contributed by atoms with Crippen LogP contribution in [0, 0.1) is 5.82 Å². The van der Waals surface area contributed by atoms with Gasteiger partial charge in [-0.05, 0) is 38.1 Å². The zero-order chi connectivity index (χ0) is 15.2. The smallest absolute Gasteiger partial charge is 0.236 e. The highest BCUT2D eigenvalue weighted by Gasteiger charge is 2.19. The van der Waals surface area contributed by atoms with Crippen molar-refractivity contribution >= 4 is 5.91 Å². The summed E-state index contributed by atoms with van der Waals surface area (Å²) in [6.45, 7) is 5.91. The van der Waals surface area contributed by atoms with E-state index >= 15 is 0 Å². The van der Waals surface area contributed by atoms with Gasteiger partial charge in [0.25, 0.3) is 0 Å². The van der Waals surface area contributed by atoms with Gasteiger partial charge in [-0.2, -0.15) is 0 Å². The van der Waals surface area contributed by atoms with Crippen LogP contribution in [0.15, 0.2) is 24.3 Å². The molecular weight excluding hydrogens is 269 g/mol. The second-order valence-corrected chi connectivity index (χ2v) is 5.80. The first-order valence-electron chi connectivity index (χ1n) is 7.49. The molecule has 4 nitrogen and oxygen atoms in total. The van der Waals surface area contributed by atoms with Crippen molar-refractivity contribution in [1.29, 1.82) is 0 Å². The molecule has 2 rings (SSSR count). The first kappa shape index (κ1) is 15.9. The van der Waals surface area contributed by atoms with E-state index in [4.69, 9.17) is 0 Å². The molecule has 0 aliphatic carbocycles. The van der Waals surface area contributed by atoms with E-state index in [0.717, 1.165) is 38.2 Å². The van der Waals surface area contributed by atoms with Crippen LogP contribution in [0.5, 0.6) is 0 Å². The van der Waals surface area contributed by atoms with Crippen LogP contribution in [-0.4, -0.2) is 61.5 Å². The van der Waals surface area contributed by atoms with E-state index in [9.17, 15) is 9.18 Å². The molecule has 1 fully saturated rings. The van der Waals surface area contributed by atoms with Crippen molar-refractivity contribution in [3.05, 3.63) is 35.6 Å². The van der Waals surface area contributed by atoms with Gasteiger partial charge in [0.15, 0.2) is 0 Å². The summed E-state index contributed by atoms with van der Waals surface area (Å²) >= 11 is 0. The number of amides is 1. The maximum absolute atomic E-state index is 12.8. The van der Waals surface area contributed by atoms with Gasteiger partial charge in [-0.15, -0.1) is 0 Å². The lowest BCUT2D eigenvalue weighted by atomic mass is 10.1. The first-order chi connectivity index (χ1) is 10.0. The Labute approximate surface area is 125 Å². The largest absolute Gasteiger partial charge is 0.339 e. The molecule has 116 valence electrons. The van der Waals surface area contributed by atoms with Crippen LogP contribution in [0.25, 0.3) is 0 Å². The maximum Gasteiger partial charge on any atom is 0.236 e. The van der Waals surface area contributed by atoms with Gasteiger partial charge in [0.05, 0.1) is 6.54 Å². The zero-order valence-corrected chi connectivity index (χ0v) is 12.8. The van der Waals surface area contributed by atoms with E-state index in [1.165, 1.54) is 12.1 Å².